The molecule has 1 unspecified atom stereocenters. The highest BCUT2D eigenvalue weighted by atomic mass is 19.4. The molecule has 1 saturated heterocycles. The van der Waals surface area contributed by atoms with E-state index >= 15 is 0 Å². The topological polar surface area (TPSA) is 96.6 Å². The lowest BCUT2D eigenvalue weighted by atomic mass is 10.0. The fourth-order valence-electron chi connectivity index (χ4n) is 3.66. The van der Waals surface area contributed by atoms with E-state index in [1.807, 2.05) is 6.92 Å². The van der Waals surface area contributed by atoms with Gasteiger partial charge < -0.3 is 10.5 Å². The van der Waals surface area contributed by atoms with Crippen LogP contribution in [0, 0.1) is 0 Å². The zero-order valence-electron chi connectivity index (χ0n) is 16.2. The van der Waals surface area contributed by atoms with Crippen LogP contribution in [0.5, 0.6) is 5.88 Å². The first kappa shape index (κ1) is 20.0. The number of rotatable bonds is 3. The minimum Gasteiger partial charge on any atom is -0.481 e. The minimum atomic E-state index is -4.61. The SMILES string of the molecule is COc1nc(N2CC(C)N3NCC(c4ccnc(N)c4)=C3C2=O)ccc1C(F)(F)F. The van der Waals surface area contributed by atoms with E-state index in [0.29, 0.717) is 18.1 Å². The van der Waals surface area contributed by atoms with Crippen LogP contribution in [0.3, 0.4) is 0 Å². The standard InChI is InChI=1S/C19H19F3N6O2/c1-10-9-27(15-4-3-13(19(20,21)22)17(26-15)30-2)18(29)16-12(8-25-28(10)16)11-5-6-24-14(23)7-11/h3-7,10,25H,8-9H2,1-2H3,(H2,23,24). The number of nitrogens with zero attached hydrogens (tertiary/aromatic N) is 4. The molecule has 0 spiro atoms. The van der Waals surface area contributed by atoms with Crippen molar-refractivity contribution >= 4 is 23.1 Å². The van der Waals surface area contributed by atoms with Crippen molar-refractivity contribution in [3.63, 3.8) is 0 Å². The summed E-state index contributed by atoms with van der Waals surface area (Å²) in [6, 6.07) is 5.32. The fraction of sp³-hybridized carbons (Fsp3) is 0.316. The largest absolute Gasteiger partial charge is 0.481 e. The van der Waals surface area contributed by atoms with Crippen LogP contribution >= 0.6 is 0 Å². The highest BCUT2D eigenvalue weighted by Gasteiger charge is 2.42. The van der Waals surface area contributed by atoms with Crippen molar-refractivity contribution in [2.75, 3.05) is 30.8 Å². The molecule has 2 aromatic heterocycles. The molecule has 8 nitrogen and oxygen atoms in total. The van der Waals surface area contributed by atoms with Crippen molar-refractivity contribution in [1.29, 1.82) is 0 Å². The smallest absolute Gasteiger partial charge is 0.421 e. The number of alkyl halides is 3. The number of hydrogen-bond acceptors (Lipinski definition) is 7. The molecule has 1 fully saturated rings. The number of nitrogen functional groups attached to an aromatic ring is 1. The number of hydrazine groups is 1. The number of methoxy groups -OCH3 is 1. The number of piperazine rings is 1. The second kappa shape index (κ2) is 7.17. The number of ether oxygens (including phenoxy) is 1. The van der Waals surface area contributed by atoms with Crippen LogP contribution in [0.15, 0.2) is 36.2 Å². The molecule has 11 heteroatoms. The van der Waals surface area contributed by atoms with Gasteiger partial charge in [0.1, 0.15) is 22.9 Å². The summed E-state index contributed by atoms with van der Waals surface area (Å²) >= 11 is 0. The molecule has 2 aliphatic rings. The molecule has 0 radical (unpaired) electrons. The fourth-order valence-corrected chi connectivity index (χ4v) is 3.66. The van der Waals surface area contributed by atoms with Gasteiger partial charge in [0.2, 0.25) is 5.88 Å². The van der Waals surface area contributed by atoms with E-state index in [1.165, 1.54) is 11.0 Å². The number of anilines is 2. The molecule has 158 valence electrons. The second-order valence-corrected chi connectivity index (χ2v) is 6.99. The molecule has 4 rings (SSSR count). The van der Waals surface area contributed by atoms with Gasteiger partial charge in [-0.25, -0.2) is 10.4 Å². The average Bonchev–Trinajstić information content (AvgIpc) is 3.15. The van der Waals surface area contributed by atoms with Gasteiger partial charge in [0.05, 0.1) is 13.2 Å². The van der Waals surface area contributed by atoms with E-state index < -0.39 is 17.6 Å². The Morgan fingerprint density at radius 3 is 2.73 bits per heavy atom. The third-order valence-corrected chi connectivity index (χ3v) is 5.04. The van der Waals surface area contributed by atoms with Crippen LogP contribution in [0.2, 0.25) is 0 Å². The van der Waals surface area contributed by atoms with Gasteiger partial charge >= 0.3 is 6.18 Å². The van der Waals surface area contributed by atoms with Gasteiger partial charge in [0.25, 0.3) is 5.91 Å². The van der Waals surface area contributed by atoms with Crippen LogP contribution in [0.4, 0.5) is 24.8 Å². The average molecular weight is 420 g/mol. The predicted octanol–water partition coefficient (Wildman–Crippen LogP) is 2.05. The maximum Gasteiger partial charge on any atom is 0.421 e. The summed E-state index contributed by atoms with van der Waals surface area (Å²) < 4.78 is 44.3. The molecule has 3 N–H and O–H groups in total. The van der Waals surface area contributed by atoms with Gasteiger partial charge in [-0.3, -0.25) is 14.7 Å². The van der Waals surface area contributed by atoms with Gasteiger partial charge in [0.15, 0.2) is 0 Å². The summed E-state index contributed by atoms with van der Waals surface area (Å²) in [5, 5.41) is 1.77. The van der Waals surface area contributed by atoms with Gasteiger partial charge in [-0.05, 0) is 36.8 Å². The lowest BCUT2D eigenvalue weighted by Gasteiger charge is -2.39. The van der Waals surface area contributed by atoms with Crippen LogP contribution < -0.4 is 20.8 Å². The van der Waals surface area contributed by atoms with Gasteiger partial charge in [0, 0.05) is 24.9 Å². The van der Waals surface area contributed by atoms with E-state index in [1.54, 1.807) is 23.3 Å². The third kappa shape index (κ3) is 3.30. The Morgan fingerprint density at radius 1 is 1.30 bits per heavy atom. The van der Waals surface area contributed by atoms with Gasteiger partial charge in [-0.15, -0.1) is 0 Å². The Hall–Kier alpha value is -3.34. The Kier molecular flexibility index (Phi) is 4.77. The van der Waals surface area contributed by atoms with E-state index in [-0.39, 0.29) is 24.3 Å². The molecule has 0 saturated carbocycles. The monoisotopic (exact) mass is 420 g/mol. The lowest BCUT2D eigenvalue weighted by molar-refractivity contribution is -0.139. The molecule has 0 aromatic carbocycles. The number of nitrogens with two attached hydrogens (primary N) is 1. The van der Waals surface area contributed by atoms with Crippen molar-refractivity contribution in [2.45, 2.75) is 19.1 Å². The maximum atomic E-state index is 13.3. The van der Waals surface area contributed by atoms with Crippen molar-refractivity contribution in [1.82, 2.24) is 20.4 Å². The number of pyridine rings is 2. The predicted molar refractivity (Wildman–Crippen MR) is 103 cm³/mol. The maximum absolute atomic E-state index is 13.3. The Labute approximate surface area is 170 Å². The first-order valence-corrected chi connectivity index (χ1v) is 9.12. The number of hydrogen-bond donors (Lipinski definition) is 2. The van der Waals surface area contributed by atoms with Crippen molar-refractivity contribution in [2.24, 2.45) is 0 Å². The minimum absolute atomic E-state index is 0.0874. The Bertz CT molecular complexity index is 1040. The number of amides is 1. The zero-order chi connectivity index (χ0) is 21.6. The van der Waals surface area contributed by atoms with Crippen molar-refractivity contribution in [3.8, 4) is 5.88 Å². The van der Waals surface area contributed by atoms with E-state index in [9.17, 15) is 18.0 Å². The Balaban J connectivity index is 1.77. The summed E-state index contributed by atoms with van der Waals surface area (Å²) in [4.78, 5) is 22.6. The normalized spacial score (nSPS) is 19.4. The highest BCUT2D eigenvalue weighted by molar-refractivity contribution is 6.11. The summed E-state index contributed by atoms with van der Waals surface area (Å²) in [6.07, 6.45) is -3.06. The quantitative estimate of drug-likeness (QED) is 0.785. The molecule has 2 aliphatic heterocycles. The van der Waals surface area contributed by atoms with E-state index in [4.69, 9.17) is 10.5 Å². The zero-order valence-corrected chi connectivity index (χ0v) is 16.2. The van der Waals surface area contributed by atoms with Crippen molar-refractivity contribution < 1.29 is 22.7 Å². The van der Waals surface area contributed by atoms with Crippen LogP contribution in [-0.2, 0) is 11.0 Å². The number of nitrogens with one attached hydrogen (secondary N) is 1. The molecule has 1 amide bonds. The van der Waals surface area contributed by atoms with E-state index in [2.05, 4.69) is 15.4 Å². The molecular weight excluding hydrogens is 401 g/mol. The van der Waals surface area contributed by atoms with Gasteiger partial charge in [-0.1, -0.05) is 0 Å². The molecule has 0 aliphatic carbocycles. The number of fused-ring (bicyclic) bond motifs is 1. The number of halogens is 3. The molecule has 0 bridgehead atoms. The number of carbonyl (C=O) groups is 1. The lowest BCUT2D eigenvalue weighted by Crippen LogP contribution is -2.55. The van der Waals surface area contributed by atoms with Gasteiger partial charge in [-0.2, -0.15) is 18.2 Å². The highest BCUT2D eigenvalue weighted by Crippen LogP contribution is 2.38. The first-order valence-electron chi connectivity index (χ1n) is 9.12. The third-order valence-electron chi connectivity index (χ3n) is 5.04. The molecule has 2 aromatic rings. The summed E-state index contributed by atoms with van der Waals surface area (Å²) in [5.41, 5.74) is 9.84. The van der Waals surface area contributed by atoms with Crippen molar-refractivity contribution in [3.05, 3.63) is 47.3 Å². The van der Waals surface area contributed by atoms with E-state index in [0.717, 1.165) is 24.3 Å². The first-order chi connectivity index (χ1) is 14.2. The number of aromatic nitrogens is 2. The second-order valence-electron chi connectivity index (χ2n) is 6.99. The Morgan fingerprint density at radius 2 is 2.07 bits per heavy atom. The molecule has 1 atom stereocenters. The molecule has 4 heterocycles. The summed E-state index contributed by atoms with van der Waals surface area (Å²) in [7, 11) is 1.11. The summed E-state index contributed by atoms with van der Waals surface area (Å²) in [5.74, 6) is -0.549. The number of carbonyl (C=O) groups excluding carboxylic acids is 1. The van der Waals surface area contributed by atoms with Crippen LogP contribution in [0.1, 0.15) is 18.1 Å². The van der Waals surface area contributed by atoms with Crippen LogP contribution in [0.25, 0.3) is 5.57 Å². The summed E-state index contributed by atoms with van der Waals surface area (Å²) in [6.45, 7) is 2.55. The molecule has 30 heavy (non-hydrogen) atoms. The molecular formula is C19H19F3N6O2. The van der Waals surface area contributed by atoms with Crippen LogP contribution in [-0.4, -0.2) is 47.1 Å².